The Kier molecular flexibility index (Phi) is 11.7. The summed E-state index contributed by atoms with van der Waals surface area (Å²) in [6.07, 6.45) is 3.19. The zero-order valence-electron chi connectivity index (χ0n) is 8.61. The van der Waals surface area contributed by atoms with Crippen LogP contribution in [0.15, 0.2) is 0 Å². The van der Waals surface area contributed by atoms with Crippen LogP contribution in [-0.2, 0) is 4.79 Å². The highest BCUT2D eigenvalue weighted by atomic mass is 16.1. The van der Waals surface area contributed by atoms with E-state index in [1.165, 1.54) is 0 Å². The van der Waals surface area contributed by atoms with Crippen molar-refractivity contribution in [1.82, 2.24) is 0 Å². The van der Waals surface area contributed by atoms with Gasteiger partial charge in [-0.05, 0) is 19.8 Å². The van der Waals surface area contributed by atoms with Gasteiger partial charge in [0.1, 0.15) is 5.78 Å². The van der Waals surface area contributed by atoms with Crippen molar-refractivity contribution in [3.8, 4) is 0 Å². The highest BCUT2D eigenvalue weighted by molar-refractivity contribution is 5.78. The number of carbonyl (C=O) groups excluding carboxylic acids is 1. The zero-order valence-corrected chi connectivity index (χ0v) is 8.61. The molecule has 0 rings (SSSR count). The lowest BCUT2D eigenvalue weighted by atomic mass is 9.97. The summed E-state index contributed by atoms with van der Waals surface area (Å²) in [4.78, 5) is 10.8. The van der Waals surface area contributed by atoms with Gasteiger partial charge in [0.2, 0.25) is 0 Å². The summed E-state index contributed by atoms with van der Waals surface area (Å²) < 4.78 is 0. The average molecular weight is 158 g/mol. The van der Waals surface area contributed by atoms with E-state index in [2.05, 4.69) is 13.8 Å². The first-order chi connectivity index (χ1) is 5.22. The molecule has 0 aromatic rings. The van der Waals surface area contributed by atoms with Gasteiger partial charge in [-0.3, -0.25) is 4.79 Å². The van der Waals surface area contributed by atoms with Gasteiger partial charge >= 0.3 is 0 Å². The predicted octanol–water partition coefficient (Wildman–Crippen LogP) is 3.43. The SMILES string of the molecule is CC.CCC[C@@H](CC)C(C)=O. The van der Waals surface area contributed by atoms with Crippen LogP contribution in [0.1, 0.15) is 53.9 Å². The van der Waals surface area contributed by atoms with Crippen LogP contribution in [0.4, 0.5) is 0 Å². The molecule has 0 heterocycles. The van der Waals surface area contributed by atoms with Crippen molar-refractivity contribution in [2.75, 3.05) is 0 Å². The van der Waals surface area contributed by atoms with Crippen LogP contribution >= 0.6 is 0 Å². The molecule has 0 aliphatic carbocycles. The van der Waals surface area contributed by atoms with Crippen LogP contribution in [-0.4, -0.2) is 5.78 Å². The molecule has 0 N–H and O–H groups in total. The standard InChI is InChI=1S/C8H16O.C2H6/c1-4-6-8(5-2)7(3)9;1-2/h8H,4-6H2,1-3H3;1-2H3/t8-;/m1./s1. The summed E-state index contributed by atoms with van der Waals surface area (Å²) in [5.41, 5.74) is 0. The highest BCUT2D eigenvalue weighted by Crippen LogP contribution is 2.10. The van der Waals surface area contributed by atoms with Gasteiger partial charge in [-0.15, -0.1) is 0 Å². The van der Waals surface area contributed by atoms with E-state index < -0.39 is 0 Å². The average Bonchev–Trinajstić information content (AvgIpc) is 2.03. The molecule has 11 heavy (non-hydrogen) atoms. The van der Waals surface area contributed by atoms with E-state index in [1.54, 1.807) is 6.92 Å². The van der Waals surface area contributed by atoms with E-state index in [1.807, 2.05) is 13.8 Å². The highest BCUT2D eigenvalue weighted by Gasteiger charge is 2.08. The second kappa shape index (κ2) is 9.67. The quantitative estimate of drug-likeness (QED) is 0.612. The van der Waals surface area contributed by atoms with Gasteiger partial charge in [-0.25, -0.2) is 0 Å². The molecule has 0 radical (unpaired) electrons. The third-order valence-electron chi connectivity index (χ3n) is 1.70. The number of Topliss-reactive ketones (excluding diaryl/α,β-unsaturated/α-hetero) is 1. The second-order valence-corrected chi connectivity index (χ2v) is 2.50. The molecule has 0 saturated heterocycles. The lowest BCUT2D eigenvalue weighted by Gasteiger charge is -2.07. The fraction of sp³-hybridized carbons (Fsp3) is 0.900. The van der Waals surface area contributed by atoms with E-state index >= 15 is 0 Å². The van der Waals surface area contributed by atoms with Crippen molar-refractivity contribution >= 4 is 5.78 Å². The summed E-state index contributed by atoms with van der Waals surface area (Å²) >= 11 is 0. The second-order valence-electron chi connectivity index (χ2n) is 2.50. The first kappa shape index (κ1) is 13.3. The maximum Gasteiger partial charge on any atom is 0.132 e. The van der Waals surface area contributed by atoms with Crippen LogP contribution < -0.4 is 0 Å². The third kappa shape index (κ3) is 7.57. The van der Waals surface area contributed by atoms with Gasteiger partial charge in [-0.2, -0.15) is 0 Å². The number of hydrogen-bond acceptors (Lipinski definition) is 1. The molecule has 0 unspecified atom stereocenters. The Balaban J connectivity index is 0. The number of ketones is 1. The number of hydrogen-bond donors (Lipinski definition) is 0. The van der Waals surface area contributed by atoms with E-state index in [-0.39, 0.29) is 0 Å². The first-order valence-electron chi connectivity index (χ1n) is 4.72. The molecule has 0 saturated carbocycles. The van der Waals surface area contributed by atoms with E-state index in [0.717, 1.165) is 19.3 Å². The van der Waals surface area contributed by atoms with Crippen LogP contribution in [0, 0.1) is 5.92 Å². The molecule has 1 nitrogen and oxygen atoms in total. The molecular weight excluding hydrogens is 136 g/mol. The molecule has 0 aliphatic rings. The first-order valence-corrected chi connectivity index (χ1v) is 4.72. The van der Waals surface area contributed by atoms with Gasteiger partial charge in [0.25, 0.3) is 0 Å². The van der Waals surface area contributed by atoms with Gasteiger partial charge in [0.15, 0.2) is 0 Å². The van der Waals surface area contributed by atoms with Gasteiger partial charge < -0.3 is 0 Å². The molecule has 0 bridgehead atoms. The van der Waals surface area contributed by atoms with Crippen LogP contribution in [0.25, 0.3) is 0 Å². The summed E-state index contributed by atoms with van der Waals surface area (Å²) in [6.45, 7) is 9.87. The monoisotopic (exact) mass is 158 g/mol. The molecule has 0 spiro atoms. The summed E-state index contributed by atoms with van der Waals surface area (Å²) in [5, 5.41) is 0. The van der Waals surface area contributed by atoms with Crippen LogP contribution in [0.2, 0.25) is 0 Å². The zero-order chi connectivity index (χ0) is 9.28. The molecule has 68 valence electrons. The maximum absolute atomic E-state index is 10.8. The van der Waals surface area contributed by atoms with Crippen molar-refractivity contribution in [1.29, 1.82) is 0 Å². The summed E-state index contributed by atoms with van der Waals surface area (Å²) in [6, 6.07) is 0. The molecule has 0 aliphatic heterocycles. The molecule has 0 fully saturated rings. The van der Waals surface area contributed by atoms with Gasteiger partial charge in [0.05, 0.1) is 0 Å². The van der Waals surface area contributed by atoms with Crippen molar-refractivity contribution in [2.45, 2.75) is 53.9 Å². The summed E-state index contributed by atoms with van der Waals surface area (Å²) in [7, 11) is 0. The molecular formula is C10H22O. The number of carbonyl (C=O) groups is 1. The normalized spacial score (nSPS) is 11.4. The molecule has 0 aromatic heterocycles. The van der Waals surface area contributed by atoms with Gasteiger partial charge in [0, 0.05) is 5.92 Å². The van der Waals surface area contributed by atoms with E-state index in [9.17, 15) is 4.79 Å². The van der Waals surface area contributed by atoms with Gasteiger partial charge in [-0.1, -0.05) is 34.1 Å². The molecule has 0 aromatic carbocycles. The maximum atomic E-state index is 10.8. The Bertz CT molecular complexity index is 86.9. The topological polar surface area (TPSA) is 17.1 Å². The molecule has 1 heteroatoms. The Labute approximate surface area is 71.2 Å². The Hall–Kier alpha value is -0.330. The van der Waals surface area contributed by atoms with Crippen molar-refractivity contribution < 1.29 is 4.79 Å². The Morgan fingerprint density at radius 1 is 1.27 bits per heavy atom. The summed E-state index contributed by atoms with van der Waals surface area (Å²) in [5.74, 6) is 0.675. The lowest BCUT2D eigenvalue weighted by molar-refractivity contribution is -0.121. The fourth-order valence-electron chi connectivity index (χ4n) is 1.04. The predicted molar refractivity (Wildman–Crippen MR) is 50.7 cm³/mol. The van der Waals surface area contributed by atoms with Crippen molar-refractivity contribution in [3.05, 3.63) is 0 Å². The van der Waals surface area contributed by atoms with Crippen molar-refractivity contribution in [2.24, 2.45) is 5.92 Å². The molecule has 0 amide bonds. The number of rotatable bonds is 4. The van der Waals surface area contributed by atoms with Crippen LogP contribution in [0.3, 0.4) is 0 Å². The lowest BCUT2D eigenvalue weighted by Crippen LogP contribution is -2.08. The minimum absolute atomic E-state index is 0.329. The third-order valence-corrected chi connectivity index (χ3v) is 1.70. The Morgan fingerprint density at radius 3 is 1.82 bits per heavy atom. The smallest absolute Gasteiger partial charge is 0.132 e. The largest absolute Gasteiger partial charge is 0.300 e. The van der Waals surface area contributed by atoms with Crippen molar-refractivity contribution in [3.63, 3.8) is 0 Å². The fourth-order valence-corrected chi connectivity index (χ4v) is 1.04. The van der Waals surface area contributed by atoms with E-state index in [4.69, 9.17) is 0 Å². The minimum atomic E-state index is 0.329. The molecule has 1 atom stereocenters. The minimum Gasteiger partial charge on any atom is -0.300 e. The van der Waals surface area contributed by atoms with E-state index in [0.29, 0.717) is 11.7 Å². The Morgan fingerprint density at radius 2 is 1.73 bits per heavy atom. The van der Waals surface area contributed by atoms with Crippen LogP contribution in [0.5, 0.6) is 0 Å².